The second kappa shape index (κ2) is 5.26. The zero-order chi connectivity index (χ0) is 10.5. The first-order chi connectivity index (χ1) is 7.42. The van der Waals surface area contributed by atoms with Crippen molar-refractivity contribution in [3.05, 3.63) is 30.1 Å². The fourth-order valence-corrected chi connectivity index (χ4v) is 2.58. The molecule has 82 valence electrons. The van der Waals surface area contributed by atoms with Gasteiger partial charge in [-0.1, -0.05) is 25.8 Å². The number of hydrogen-bond donors (Lipinski definition) is 1. The minimum Gasteiger partial charge on any atom is -0.309 e. The first-order valence-electron chi connectivity index (χ1n) is 6.06. The Morgan fingerprint density at radius 1 is 1.40 bits per heavy atom. The molecule has 1 N–H and O–H groups in total. The van der Waals surface area contributed by atoms with Gasteiger partial charge >= 0.3 is 0 Å². The Balaban J connectivity index is 2.11. The van der Waals surface area contributed by atoms with E-state index in [-0.39, 0.29) is 0 Å². The van der Waals surface area contributed by atoms with Crippen LogP contribution in [0.5, 0.6) is 0 Å². The van der Waals surface area contributed by atoms with Crippen LogP contribution in [0.4, 0.5) is 0 Å². The van der Waals surface area contributed by atoms with Gasteiger partial charge < -0.3 is 5.32 Å². The molecule has 0 spiro atoms. The van der Waals surface area contributed by atoms with E-state index in [1.54, 1.807) is 0 Å². The molecule has 0 bridgehead atoms. The first-order valence-corrected chi connectivity index (χ1v) is 6.06. The number of pyridine rings is 1. The standard InChI is InChI=1S/C13H20N2/c1-2-14-13(11-7-3-4-8-11)12-9-5-6-10-15-12/h5-6,9-11,13-14H,2-4,7-8H2,1H3. The van der Waals surface area contributed by atoms with Gasteiger partial charge in [0, 0.05) is 6.20 Å². The Bertz CT molecular complexity index is 278. The van der Waals surface area contributed by atoms with Gasteiger partial charge in [0.25, 0.3) is 0 Å². The van der Waals surface area contributed by atoms with E-state index < -0.39 is 0 Å². The molecule has 1 aliphatic rings. The number of rotatable bonds is 4. The molecule has 0 aromatic carbocycles. The molecule has 2 rings (SSSR count). The smallest absolute Gasteiger partial charge is 0.0576 e. The maximum Gasteiger partial charge on any atom is 0.0576 e. The molecule has 1 unspecified atom stereocenters. The Kier molecular flexibility index (Phi) is 3.73. The van der Waals surface area contributed by atoms with Crippen LogP contribution in [-0.2, 0) is 0 Å². The zero-order valence-corrected chi connectivity index (χ0v) is 9.45. The Morgan fingerprint density at radius 2 is 2.20 bits per heavy atom. The lowest BCUT2D eigenvalue weighted by atomic mass is 9.95. The van der Waals surface area contributed by atoms with E-state index in [0.29, 0.717) is 6.04 Å². The van der Waals surface area contributed by atoms with Gasteiger partial charge in [-0.2, -0.15) is 0 Å². The van der Waals surface area contributed by atoms with Crippen LogP contribution in [0.3, 0.4) is 0 Å². The molecule has 1 aromatic rings. The summed E-state index contributed by atoms with van der Waals surface area (Å²) in [5.74, 6) is 0.792. The van der Waals surface area contributed by atoms with Gasteiger partial charge in [-0.3, -0.25) is 4.98 Å². The van der Waals surface area contributed by atoms with Crippen LogP contribution >= 0.6 is 0 Å². The molecule has 0 amide bonds. The van der Waals surface area contributed by atoms with Crippen LogP contribution in [0.1, 0.15) is 44.3 Å². The minimum atomic E-state index is 0.471. The van der Waals surface area contributed by atoms with Crippen LogP contribution in [-0.4, -0.2) is 11.5 Å². The summed E-state index contributed by atoms with van der Waals surface area (Å²) in [4.78, 5) is 4.48. The lowest BCUT2D eigenvalue weighted by Gasteiger charge is -2.23. The highest BCUT2D eigenvalue weighted by molar-refractivity contribution is 5.10. The van der Waals surface area contributed by atoms with E-state index in [9.17, 15) is 0 Å². The fourth-order valence-electron chi connectivity index (χ4n) is 2.58. The summed E-state index contributed by atoms with van der Waals surface area (Å²) < 4.78 is 0. The second-order valence-corrected chi connectivity index (χ2v) is 4.33. The SMILES string of the molecule is CCNC(c1ccccn1)C1CCCC1. The third-order valence-corrected chi connectivity index (χ3v) is 3.30. The van der Waals surface area contributed by atoms with Crippen LogP contribution in [0.25, 0.3) is 0 Å². The number of nitrogens with zero attached hydrogens (tertiary/aromatic N) is 1. The third kappa shape index (κ3) is 2.57. The van der Waals surface area contributed by atoms with Crippen molar-refractivity contribution in [1.29, 1.82) is 0 Å². The van der Waals surface area contributed by atoms with Crippen molar-refractivity contribution in [3.8, 4) is 0 Å². The predicted octanol–water partition coefficient (Wildman–Crippen LogP) is 2.92. The van der Waals surface area contributed by atoms with Crippen molar-refractivity contribution >= 4 is 0 Å². The van der Waals surface area contributed by atoms with Gasteiger partial charge in [0.15, 0.2) is 0 Å². The molecule has 0 aliphatic heterocycles. The molecule has 0 radical (unpaired) electrons. The Labute approximate surface area is 92.1 Å². The largest absolute Gasteiger partial charge is 0.309 e. The van der Waals surface area contributed by atoms with Crippen LogP contribution in [0.15, 0.2) is 24.4 Å². The van der Waals surface area contributed by atoms with E-state index in [1.165, 1.54) is 31.4 Å². The van der Waals surface area contributed by atoms with Crippen LogP contribution < -0.4 is 5.32 Å². The Hall–Kier alpha value is -0.890. The molecule has 1 saturated carbocycles. The molecule has 1 heterocycles. The zero-order valence-electron chi connectivity index (χ0n) is 9.45. The van der Waals surface area contributed by atoms with E-state index in [4.69, 9.17) is 0 Å². The van der Waals surface area contributed by atoms with Gasteiger partial charge in [0.2, 0.25) is 0 Å². The lowest BCUT2D eigenvalue weighted by Crippen LogP contribution is -2.27. The quantitative estimate of drug-likeness (QED) is 0.815. The second-order valence-electron chi connectivity index (χ2n) is 4.33. The molecule has 2 nitrogen and oxygen atoms in total. The van der Waals surface area contributed by atoms with Crippen LogP contribution in [0.2, 0.25) is 0 Å². The highest BCUT2D eigenvalue weighted by atomic mass is 14.9. The topological polar surface area (TPSA) is 24.9 Å². The van der Waals surface area contributed by atoms with Gasteiger partial charge in [-0.25, -0.2) is 0 Å². The molecule has 15 heavy (non-hydrogen) atoms. The molecule has 2 heteroatoms. The molecule has 1 fully saturated rings. The average Bonchev–Trinajstić information content (AvgIpc) is 2.80. The lowest BCUT2D eigenvalue weighted by molar-refractivity contribution is 0.367. The van der Waals surface area contributed by atoms with Crippen molar-refractivity contribution in [3.63, 3.8) is 0 Å². The van der Waals surface area contributed by atoms with Crippen molar-refractivity contribution in [2.45, 2.75) is 38.6 Å². The normalized spacial score (nSPS) is 19.3. The van der Waals surface area contributed by atoms with Gasteiger partial charge in [0.05, 0.1) is 11.7 Å². The van der Waals surface area contributed by atoms with Gasteiger partial charge in [-0.05, 0) is 37.4 Å². The van der Waals surface area contributed by atoms with Gasteiger partial charge in [-0.15, -0.1) is 0 Å². The third-order valence-electron chi connectivity index (χ3n) is 3.30. The number of aromatic nitrogens is 1. The number of hydrogen-bond acceptors (Lipinski definition) is 2. The molecule has 1 aromatic heterocycles. The fraction of sp³-hybridized carbons (Fsp3) is 0.615. The van der Waals surface area contributed by atoms with E-state index >= 15 is 0 Å². The summed E-state index contributed by atoms with van der Waals surface area (Å²) in [6, 6.07) is 6.69. The van der Waals surface area contributed by atoms with E-state index in [0.717, 1.165) is 12.5 Å². The minimum absolute atomic E-state index is 0.471. The van der Waals surface area contributed by atoms with Gasteiger partial charge in [0.1, 0.15) is 0 Å². The summed E-state index contributed by atoms with van der Waals surface area (Å²) in [6.45, 7) is 3.20. The van der Waals surface area contributed by atoms with E-state index in [2.05, 4.69) is 29.4 Å². The molecule has 1 aliphatic carbocycles. The molecular weight excluding hydrogens is 184 g/mol. The predicted molar refractivity (Wildman–Crippen MR) is 62.6 cm³/mol. The van der Waals surface area contributed by atoms with Crippen molar-refractivity contribution in [1.82, 2.24) is 10.3 Å². The number of nitrogens with one attached hydrogen (secondary N) is 1. The maximum absolute atomic E-state index is 4.48. The Morgan fingerprint density at radius 3 is 2.80 bits per heavy atom. The van der Waals surface area contributed by atoms with Crippen molar-refractivity contribution in [2.75, 3.05) is 6.54 Å². The van der Waals surface area contributed by atoms with Crippen molar-refractivity contribution < 1.29 is 0 Å². The molecule has 1 atom stereocenters. The highest BCUT2D eigenvalue weighted by Gasteiger charge is 2.26. The average molecular weight is 204 g/mol. The summed E-state index contributed by atoms with van der Waals surface area (Å²) in [5, 5.41) is 3.58. The molecular formula is C13H20N2. The van der Waals surface area contributed by atoms with Crippen molar-refractivity contribution in [2.24, 2.45) is 5.92 Å². The molecule has 0 saturated heterocycles. The summed E-state index contributed by atoms with van der Waals surface area (Å²) >= 11 is 0. The summed E-state index contributed by atoms with van der Waals surface area (Å²) in [5.41, 5.74) is 1.21. The maximum atomic E-state index is 4.48. The monoisotopic (exact) mass is 204 g/mol. The van der Waals surface area contributed by atoms with Crippen LogP contribution in [0, 0.1) is 5.92 Å². The summed E-state index contributed by atoms with van der Waals surface area (Å²) in [7, 11) is 0. The van der Waals surface area contributed by atoms with E-state index in [1.807, 2.05) is 12.3 Å². The summed E-state index contributed by atoms with van der Waals surface area (Å²) in [6.07, 6.45) is 7.38. The first kappa shape index (κ1) is 10.6. The highest BCUT2D eigenvalue weighted by Crippen LogP contribution is 2.34.